The van der Waals surface area contributed by atoms with Gasteiger partial charge in [0.1, 0.15) is 0 Å². The van der Waals surface area contributed by atoms with Crippen LogP contribution in [-0.4, -0.2) is 42.8 Å². The number of methoxy groups -OCH3 is 1. The van der Waals surface area contributed by atoms with Crippen LogP contribution < -0.4 is 15.0 Å². The molecule has 18 heavy (non-hydrogen) atoms. The summed E-state index contributed by atoms with van der Waals surface area (Å²) in [6, 6.07) is 0.560. The molecule has 1 aromatic heterocycles. The van der Waals surface area contributed by atoms with Crippen LogP contribution in [0.3, 0.4) is 0 Å². The standard InChI is InChI=1S/C13H22N4O/c1-3-17(10-11-6-4-5-7-14-11)13-15-8-12(18-2)9-16-13/h8-9,11,14H,3-7,10H2,1-2H3. The van der Waals surface area contributed by atoms with Crippen LogP contribution in [0.1, 0.15) is 26.2 Å². The van der Waals surface area contributed by atoms with E-state index in [1.54, 1.807) is 19.5 Å². The summed E-state index contributed by atoms with van der Waals surface area (Å²) in [4.78, 5) is 10.9. The molecule has 1 saturated heterocycles. The fourth-order valence-corrected chi connectivity index (χ4v) is 2.28. The first-order valence-corrected chi connectivity index (χ1v) is 6.68. The van der Waals surface area contributed by atoms with Crippen molar-refractivity contribution >= 4 is 5.95 Å². The van der Waals surface area contributed by atoms with Crippen LogP contribution in [-0.2, 0) is 0 Å². The molecule has 100 valence electrons. The third-order valence-corrected chi connectivity index (χ3v) is 3.37. The quantitative estimate of drug-likeness (QED) is 0.857. The average molecular weight is 250 g/mol. The Morgan fingerprint density at radius 1 is 1.39 bits per heavy atom. The van der Waals surface area contributed by atoms with Gasteiger partial charge in [-0.25, -0.2) is 9.97 Å². The molecule has 2 rings (SSSR count). The summed E-state index contributed by atoms with van der Waals surface area (Å²) in [6.07, 6.45) is 7.30. The Morgan fingerprint density at radius 2 is 2.17 bits per heavy atom. The van der Waals surface area contributed by atoms with E-state index in [2.05, 4.69) is 27.1 Å². The fourth-order valence-electron chi connectivity index (χ4n) is 2.28. The molecule has 5 heteroatoms. The van der Waals surface area contributed by atoms with Crippen molar-refractivity contribution in [1.29, 1.82) is 0 Å². The van der Waals surface area contributed by atoms with Gasteiger partial charge in [0.25, 0.3) is 0 Å². The van der Waals surface area contributed by atoms with Crippen molar-refractivity contribution < 1.29 is 4.74 Å². The smallest absolute Gasteiger partial charge is 0.225 e. The number of nitrogens with one attached hydrogen (secondary N) is 1. The van der Waals surface area contributed by atoms with E-state index in [9.17, 15) is 0 Å². The molecule has 0 saturated carbocycles. The fraction of sp³-hybridized carbons (Fsp3) is 0.692. The van der Waals surface area contributed by atoms with E-state index in [1.165, 1.54) is 19.3 Å². The van der Waals surface area contributed by atoms with Crippen LogP contribution in [0, 0.1) is 0 Å². The Labute approximate surface area is 109 Å². The van der Waals surface area contributed by atoms with Crippen molar-refractivity contribution in [2.75, 3.05) is 31.6 Å². The molecule has 0 spiro atoms. The first-order chi connectivity index (χ1) is 8.83. The summed E-state index contributed by atoms with van der Waals surface area (Å²) in [5, 5.41) is 3.55. The van der Waals surface area contributed by atoms with Gasteiger partial charge in [-0.3, -0.25) is 0 Å². The second-order valence-corrected chi connectivity index (χ2v) is 4.61. The zero-order valence-electron chi connectivity index (χ0n) is 11.2. The minimum absolute atomic E-state index is 0.560. The number of hydrogen-bond acceptors (Lipinski definition) is 5. The van der Waals surface area contributed by atoms with Gasteiger partial charge in [0.15, 0.2) is 5.75 Å². The number of aromatic nitrogens is 2. The highest BCUT2D eigenvalue weighted by Crippen LogP contribution is 2.14. The zero-order chi connectivity index (χ0) is 12.8. The third-order valence-electron chi connectivity index (χ3n) is 3.37. The zero-order valence-corrected chi connectivity index (χ0v) is 11.2. The largest absolute Gasteiger partial charge is 0.494 e. The summed E-state index contributed by atoms with van der Waals surface area (Å²) < 4.78 is 5.08. The summed E-state index contributed by atoms with van der Waals surface area (Å²) in [6.45, 7) is 5.16. The minimum Gasteiger partial charge on any atom is -0.494 e. The van der Waals surface area contributed by atoms with Crippen molar-refractivity contribution in [2.24, 2.45) is 0 Å². The minimum atomic E-state index is 0.560. The molecule has 0 bridgehead atoms. The van der Waals surface area contributed by atoms with Crippen LogP contribution in [0.4, 0.5) is 5.95 Å². The summed E-state index contributed by atoms with van der Waals surface area (Å²) in [5.74, 6) is 1.48. The van der Waals surface area contributed by atoms with Crippen molar-refractivity contribution in [3.8, 4) is 5.75 Å². The maximum Gasteiger partial charge on any atom is 0.225 e. The van der Waals surface area contributed by atoms with Gasteiger partial charge in [0.2, 0.25) is 5.95 Å². The van der Waals surface area contributed by atoms with Gasteiger partial charge in [-0.05, 0) is 26.3 Å². The predicted octanol–water partition coefficient (Wildman–Crippen LogP) is 1.45. The van der Waals surface area contributed by atoms with E-state index in [4.69, 9.17) is 4.74 Å². The molecule has 1 fully saturated rings. The Hall–Kier alpha value is -1.36. The highest BCUT2D eigenvalue weighted by Gasteiger charge is 2.17. The number of piperidine rings is 1. The Morgan fingerprint density at radius 3 is 2.72 bits per heavy atom. The van der Waals surface area contributed by atoms with Crippen LogP contribution in [0.5, 0.6) is 5.75 Å². The lowest BCUT2D eigenvalue weighted by atomic mass is 10.0. The molecule has 1 aliphatic rings. The number of nitrogens with zero attached hydrogens (tertiary/aromatic N) is 3. The maximum absolute atomic E-state index is 5.08. The highest BCUT2D eigenvalue weighted by molar-refractivity contribution is 5.31. The average Bonchev–Trinajstić information content (AvgIpc) is 2.46. The topological polar surface area (TPSA) is 50.3 Å². The second-order valence-electron chi connectivity index (χ2n) is 4.61. The van der Waals surface area contributed by atoms with Gasteiger partial charge < -0.3 is 15.0 Å². The van der Waals surface area contributed by atoms with Gasteiger partial charge in [0, 0.05) is 19.1 Å². The maximum atomic E-state index is 5.08. The van der Waals surface area contributed by atoms with Crippen LogP contribution in [0.2, 0.25) is 0 Å². The molecule has 1 aliphatic heterocycles. The number of ether oxygens (including phenoxy) is 1. The van der Waals surface area contributed by atoms with Crippen molar-refractivity contribution in [2.45, 2.75) is 32.2 Å². The van der Waals surface area contributed by atoms with E-state index < -0.39 is 0 Å². The molecule has 5 nitrogen and oxygen atoms in total. The molecule has 2 heterocycles. The first-order valence-electron chi connectivity index (χ1n) is 6.68. The van der Waals surface area contributed by atoms with Crippen LogP contribution in [0.25, 0.3) is 0 Å². The number of rotatable bonds is 5. The van der Waals surface area contributed by atoms with E-state index >= 15 is 0 Å². The van der Waals surface area contributed by atoms with Crippen LogP contribution >= 0.6 is 0 Å². The molecular weight excluding hydrogens is 228 g/mol. The Bertz CT molecular complexity index is 349. The number of anilines is 1. The van der Waals surface area contributed by atoms with Gasteiger partial charge in [-0.1, -0.05) is 6.42 Å². The third kappa shape index (κ3) is 3.32. The highest BCUT2D eigenvalue weighted by atomic mass is 16.5. The lowest BCUT2D eigenvalue weighted by Crippen LogP contribution is -2.44. The lowest BCUT2D eigenvalue weighted by molar-refractivity contribution is 0.397. The lowest BCUT2D eigenvalue weighted by Gasteiger charge is -2.29. The van der Waals surface area contributed by atoms with Crippen molar-refractivity contribution in [1.82, 2.24) is 15.3 Å². The SMILES string of the molecule is CCN(CC1CCCCN1)c1ncc(OC)cn1. The second kappa shape index (κ2) is 6.54. The summed E-state index contributed by atoms with van der Waals surface area (Å²) >= 11 is 0. The van der Waals surface area contributed by atoms with Gasteiger partial charge in [0.05, 0.1) is 19.5 Å². The molecular formula is C13H22N4O. The monoisotopic (exact) mass is 250 g/mol. The van der Waals surface area contributed by atoms with Gasteiger partial charge in [-0.15, -0.1) is 0 Å². The van der Waals surface area contributed by atoms with Gasteiger partial charge >= 0.3 is 0 Å². The Kier molecular flexibility index (Phi) is 4.75. The van der Waals surface area contributed by atoms with Gasteiger partial charge in [-0.2, -0.15) is 0 Å². The molecule has 1 N–H and O–H groups in total. The van der Waals surface area contributed by atoms with E-state index in [-0.39, 0.29) is 0 Å². The molecule has 1 aromatic rings. The molecule has 0 aromatic carbocycles. The first kappa shape index (κ1) is 13.1. The van der Waals surface area contributed by atoms with Crippen molar-refractivity contribution in [3.63, 3.8) is 0 Å². The normalized spacial score (nSPS) is 19.6. The number of likely N-dealkylation sites (N-methyl/N-ethyl adjacent to an activating group) is 1. The van der Waals surface area contributed by atoms with Crippen molar-refractivity contribution in [3.05, 3.63) is 12.4 Å². The molecule has 0 aliphatic carbocycles. The van der Waals surface area contributed by atoms with E-state index in [0.717, 1.165) is 25.6 Å². The molecule has 0 amide bonds. The summed E-state index contributed by atoms with van der Waals surface area (Å²) in [7, 11) is 1.63. The van der Waals surface area contributed by atoms with E-state index in [0.29, 0.717) is 11.8 Å². The van der Waals surface area contributed by atoms with Crippen LogP contribution in [0.15, 0.2) is 12.4 Å². The number of hydrogen-bond donors (Lipinski definition) is 1. The molecule has 1 unspecified atom stereocenters. The molecule has 0 radical (unpaired) electrons. The predicted molar refractivity (Wildman–Crippen MR) is 72.1 cm³/mol. The Balaban J connectivity index is 1.97. The summed E-state index contributed by atoms with van der Waals surface area (Å²) in [5.41, 5.74) is 0. The van der Waals surface area contributed by atoms with E-state index in [1.807, 2.05) is 0 Å². The molecule has 1 atom stereocenters.